The number of allylic oxidation sites excluding steroid dienone is 4. The molecule has 2 atom stereocenters. The van der Waals surface area contributed by atoms with Crippen molar-refractivity contribution in [3.05, 3.63) is 379 Å². The third-order valence-corrected chi connectivity index (χ3v) is 17.2. The van der Waals surface area contributed by atoms with Gasteiger partial charge in [0.15, 0.2) is 0 Å². The smallest absolute Gasteiger partial charge is 0.0566 e. The van der Waals surface area contributed by atoms with Crippen LogP contribution in [0.5, 0.6) is 0 Å². The summed E-state index contributed by atoms with van der Waals surface area (Å²) >= 11 is 0. The Morgan fingerprint density at radius 3 is 1.06 bits per heavy atom. The van der Waals surface area contributed by atoms with E-state index in [0.29, 0.717) is 0 Å². The van der Waals surface area contributed by atoms with Gasteiger partial charge in [0.1, 0.15) is 0 Å². The summed E-state index contributed by atoms with van der Waals surface area (Å²) in [5, 5.41) is 9.81. The van der Waals surface area contributed by atoms with E-state index in [1.165, 1.54) is 82.1 Å². The van der Waals surface area contributed by atoms with Gasteiger partial charge in [-0.1, -0.05) is 249 Å². The van der Waals surface area contributed by atoms with Crippen molar-refractivity contribution in [1.29, 1.82) is 0 Å². The highest BCUT2D eigenvalue weighted by Crippen LogP contribution is 2.62. The van der Waals surface area contributed by atoms with E-state index in [9.17, 15) is 0 Å². The number of anilines is 6. The second kappa shape index (κ2) is 21.6. The Balaban J connectivity index is 0.937. The number of nitrogens with zero attached hydrogens (tertiary/aromatic N) is 2. The molecule has 2 unspecified atom stereocenters. The molecule has 0 saturated heterocycles. The zero-order valence-electron chi connectivity index (χ0n) is 46.4. The van der Waals surface area contributed by atoms with E-state index < -0.39 is 5.41 Å². The minimum Gasteiger partial charge on any atom is -0.310 e. The largest absolute Gasteiger partial charge is 0.310 e. The lowest BCUT2D eigenvalue weighted by Gasteiger charge is -2.48. The third kappa shape index (κ3) is 9.02. The van der Waals surface area contributed by atoms with Crippen LogP contribution < -0.4 is 9.80 Å². The molecule has 1 aliphatic carbocycles. The molecule has 396 valence electrons. The molecule has 0 aromatic heterocycles. The number of fused-ring (bicyclic) bond motifs is 4. The molecule has 14 aromatic carbocycles. The Morgan fingerprint density at radius 1 is 0.238 bits per heavy atom. The van der Waals surface area contributed by atoms with E-state index in [1.54, 1.807) is 0 Å². The van der Waals surface area contributed by atoms with E-state index in [4.69, 9.17) is 0 Å². The molecular formula is C82H58N2. The Bertz CT molecular complexity index is 4730. The minimum absolute atomic E-state index is 0.167. The van der Waals surface area contributed by atoms with E-state index in [0.717, 1.165) is 45.3 Å². The zero-order valence-corrected chi connectivity index (χ0v) is 46.4. The van der Waals surface area contributed by atoms with E-state index in [-0.39, 0.29) is 5.92 Å². The van der Waals surface area contributed by atoms with Crippen LogP contribution >= 0.6 is 0 Å². The molecule has 2 heteroatoms. The molecule has 0 saturated carbocycles. The quantitative estimate of drug-likeness (QED) is 0.113. The molecule has 0 amide bonds. The van der Waals surface area contributed by atoms with Crippen LogP contribution in [-0.2, 0) is 5.41 Å². The maximum atomic E-state index is 2.59. The lowest BCUT2D eigenvalue weighted by molar-refractivity contribution is 0.587. The fourth-order valence-electron chi connectivity index (χ4n) is 13.4. The maximum Gasteiger partial charge on any atom is 0.0566 e. The topological polar surface area (TPSA) is 6.48 Å². The summed E-state index contributed by atoms with van der Waals surface area (Å²) in [4.78, 5) is 4.78. The first-order chi connectivity index (χ1) is 41.6. The highest BCUT2D eigenvalue weighted by molar-refractivity contribution is 6.19. The van der Waals surface area contributed by atoms with Gasteiger partial charge in [-0.3, -0.25) is 0 Å². The monoisotopic (exact) mass is 1070 g/mol. The Hall–Kier alpha value is -10.8. The minimum atomic E-state index is -0.746. The second-order valence-electron chi connectivity index (χ2n) is 22.0. The number of rotatable bonds is 12. The lowest BCUT2D eigenvalue weighted by Crippen LogP contribution is -2.39. The van der Waals surface area contributed by atoms with Crippen molar-refractivity contribution in [2.24, 2.45) is 0 Å². The van der Waals surface area contributed by atoms with E-state index >= 15 is 0 Å². The molecule has 0 bridgehead atoms. The van der Waals surface area contributed by atoms with Gasteiger partial charge in [-0.05, 0) is 190 Å². The van der Waals surface area contributed by atoms with E-state index in [1.807, 2.05) is 0 Å². The van der Waals surface area contributed by atoms with Crippen LogP contribution in [0.1, 0.15) is 39.3 Å². The van der Waals surface area contributed by atoms with Crippen LogP contribution in [0.15, 0.2) is 346 Å². The molecule has 0 radical (unpaired) electrons. The first-order valence-electron chi connectivity index (χ1n) is 29.1. The summed E-state index contributed by atoms with van der Waals surface area (Å²) in [5.41, 5.74) is 16.5. The van der Waals surface area contributed by atoms with E-state index in [2.05, 4.69) is 356 Å². The van der Waals surface area contributed by atoms with Crippen LogP contribution in [0.4, 0.5) is 34.1 Å². The van der Waals surface area contributed by atoms with Gasteiger partial charge in [0.2, 0.25) is 0 Å². The van der Waals surface area contributed by atoms with Gasteiger partial charge in [-0.15, -0.1) is 0 Å². The maximum absolute atomic E-state index is 2.59. The van der Waals surface area contributed by atoms with Gasteiger partial charge in [0, 0.05) is 40.0 Å². The van der Waals surface area contributed by atoms with Crippen LogP contribution in [0.3, 0.4) is 0 Å². The summed E-state index contributed by atoms with van der Waals surface area (Å²) in [6, 6.07) is 125. The summed E-state index contributed by atoms with van der Waals surface area (Å²) in [7, 11) is 0. The molecule has 0 spiro atoms. The fraction of sp³-hybridized carbons (Fsp3) is 0.0244. The zero-order chi connectivity index (χ0) is 55.8. The van der Waals surface area contributed by atoms with Crippen LogP contribution in [0, 0.1) is 0 Å². The highest BCUT2D eigenvalue weighted by Gasteiger charge is 2.50. The second-order valence-corrected chi connectivity index (χ2v) is 22.0. The average molecular weight is 1070 g/mol. The first kappa shape index (κ1) is 50.2. The van der Waals surface area contributed by atoms with Crippen molar-refractivity contribution >= 4 is 93.9 Å². The molecular weight excluding hydrogens is 1010 g/mol. The molecule has 1 aliphatic rings. The normalized spacial score (nSPS) is 15.1. The molecule has 0 N–H and O–H groups in total. The average Bonchev–Trinajstić information content (AvgIpc) is 1.11. The van der Waals surface area contributed by atoms with Gasteiger partial charge >= 0.3 is 0 Å². The van der Waals surface area contributed by atoms with Gasteiger partial charge < -0.3 is 9.80 Å². The molecule has 15 rings (SSSR count). The summed E-state index contributed by atoms with van der Waals surface area (Å²) in [5.74, 6) is -0.167. The Kier molecular flexibility index (Phi) is 12.9. The Morgan fingerprint density at radius 2 is 0.583 bits per heavy atom. The van der Waals surface area contributed by atoms with Crippen molar-refractivity contribution in [3.63, 3.8) is 0 Å². The first-order valence-corrected chi connectivity index (χ1v) is 29.1. The Labute approximate surface area is 491 Å². The molecule has 0 heterocycles. The third-order valence-electron chi connectivity index (χ3n) is 17.2. The molecule has 0 fully saturated rings. The predicted octanol–water partition coefficient (Wildman–Crippen LogP) is 22.0. The predicted molar refractivity (Wildman–Crippen MR) is 356 cm³/mol. The van der Waals surface area contributed by atoms with Crippen LogP contribution in [0.25, 0.3) is 59.8 Å². The van der Waals surface area contributed by atoms with Crippen molar-refractivity contribution in [3.8, 4) is 0 Å². The van der Waals surface area contributed by atoms with Gasteiger partial charge in [0.25, 0.3) is 0 Å². The van der Waals surface area contributed by atoms with Crippen molar-refractivity contribution in [1.82, 2.24) is 0 Å². The standard InChI is InChI=1S/C82H58N2/c1-7-23-59(24-8-1)79-57-78(58-39-45-74(46-40-58)83(72-35-15-5-16-36-72)76-47-41-66-51-62-29-19-21-31-64(62)53-68(66)55-76)80(60-25-9-2-10-26-60)81(61-27-11-3-12-28-61)82(79,70-33-13-4-14-34-70)71-43-49-75(50-44-71)84(73-37-17-6-18-38-73)77-48-42-67-52-63-30-20-22-32-65(63)54-69(67)56-77/h1-57,79H. The fourth-order valence-corrected chi connectivity index (χ4v) is 13.4. The number of para-hydroxylation sites is 2. The van der Waals surface area contributed by atoms with Crippen molar-refractivity contribution < 1.29 is 0 Å². The van der Waals surface area contributed by atoms with Crippen LogP contribution in [0.2, 0.25) is 0 Å². The van der Waals surface area contributed by atoms with Gasteiger partial charge in [0.05, 0.1) is 5.41 Å². The summed E-state index contributed by atoms with van der Waals surface area (Å²) in [6.45, 7) is 0. The van der Waals surface area contributed by atoms with Crippen molar-refractivity contribution in [2.45, 2.75) is 11.3 Å². The number of benzene rings is 14. The van der Waals surface area contributed by atoms with Gasteiger partial charge in [-0.2, -0.15) is 0 Å². The van der Waals surface area contributed by atoms with Gasteiger partial charge in [-0.25, -0.2) is 0 Å². The van der Waals surface area contributed by atoms with Crippen molar-refractivity contribution in [2.75, 3.05) is 9.80 Å². The summed E-state index contributed by atoms with van der Waals surface area (Å²) < 4.78 is 0. The molecule has 84 heavy (non-hydrogen) atoms. The lowest BCUT2D eigenvalue weighted by atomic mass is 9.54. The highest BCUT2D eigenvalue weighted by atomic mass is 15.1. The number of hydrogen-bond acceptors (Lipinski definition) is 2. The SMILES string of the molecule is C1=C(c2ccc(N(c3ccccc3)c3ccc4cc5ccccc5cc4c3)cc2)C(c2ccccc2)=C(c2ccccc2)C(c2ccccc2)(c2ccc(N(c3ccccc3)c3ccc4cc5ccccc5cc4c3)cc2)C1c1ccccc1. The summed E-state index contributed by atoms with van der Waals surface area (Å²) in [6.07, 6.45) is 2.59. The molecule has 2 nitrogen and oxygen atoms in total. The molecule has 0 aliphatic heterocycles. The molecule has 14 aromatic rings. The van der Waals surface area contributed by atoms with Crippen LogP contribution in [-0.4, -0.2) is 0 Å². The number of hydrogen-bond donors (Lipinski definition) is 0.